The number of anilines is 1. The van der Waals surface area contributed by atoms with Crippen molar-refractivity contribution in [3.05, 3.63) is 47.9 Å². The fraction of sp³-hybridized carbons (Fsp3) is 0.400. The smallest absolute Gasteiger partial charge is 0.146 e. The molecule has 0 saturated heterocycles. The van der Waals surface area contributed by atoms with Crippen LogP contribution in [0.1, 0.15) is 13.8 Å². The normalized spacial score (nSPS) is 15.7. The van der Waals surface area contributed by atoms with Gasteiger partial charge in [-0.2, -0.15) is 0 Å². The Hall–Kier alpha value is -2.64. The summed E-state index contributed by atoms with van der Waals surface area (Å²) in [6, 6.07) is 7.81. The molecule has 7 nitrogen and oxygen atoms in total. The molecule has 0 amide bonds. The summed E-state index contributed by atoms with van der Waals surface area (Å²) in [4.78, 5) is 6.91. The zero-order valence-electron chi connectivity index (χ0n) is 16.0. The molecule has 0 aromatic heterocycles. The van der Waals surface area contributed by atoms with E-state index in [0.29, 0.717) is 17.2 Å². The van der Waals surface area contributed by atoms with E-state index < -0.39 is 0 Å². The molecular weight excluding hydrogens is 342 g/mol. The van der Waals surface area contributed by atoms with Gasteiger partial charge in [0.15, 0.2) is 0 Å². The first-order valence-electron chi connectivity index (χ1n) is 9.24. The monoisotopic (exact) mass is 371 g/mol. The maximum absolute atomic E-state index is 8.88. The van der Waals surface area contributed by atoms with Crippen LogP contribution >= 0.6 is 0 Å². The number of ether oxygens (including phenoxy) is 1. The lowest BCUT2D eigenvalue weighted by atomic mass is 10.1. The van der Waals surface area contributed by atoms with E-state index >= 15 is 0 Å². The van der Waals surface area contributed by atoms with Crippen LogP contribution in [0.2, 0.25) is 0 Å². The highest BCUT2D eigenvalue weighted by atomic mass is 16.5. The molecular formula is C20H29N5O2. The number of rotatable bonds is 10. The molecule has 2 rings (SSSR count). The number of nitrogens with two attached hydrogens (primary N) is 1. The van der Waals surface area contributed by atoms with Gasteiger partial charge in [-0.05, 0) is 43.4 Å². The van der Waals surface area contributed by atoms with Crippen LogP contribution in [0.3, 0.4) is 0 Å². The first-order chi connectivity index (χ1) is 13.1. The first kappa shape index (κ1) is 20.7. The molecule has 0 heterocycles. The molecule has 0 unspecified atom stereocenters. The largest absolute Gasteiger partial charge is 0.489 e. The molecule has 146 valence electrons. The van der Waals surface area contributed by atoms with Gasteiger partial charge in [0, 0.05) is 24.9 Å². The Morgan fingerprint density at radius 1 is 1.19 bits per heavy atom. The predicted octanol–water partition coefficient (Wildman–Crippen LogP) is 2.28. The van der Waals surface area contributed by atoms with Crippen molar-refractivity contribution in [3.8, 4) is 0 Å². The van der Waals surface area contributed by atoms with E-state index in [1.807, 2.05) is 24.3 Å². The molecule has 0 radical (unpaired) electrons. The summed E-state index contributed by atoms with van der Waals surface area (Å²) in [6.45, 7) is 8.35. The Balaban J connectivity index is 2.02. The van der Waals surface area contributed by atoms with Crippen molar-refractivity contribution < 1.29 is 9.84 Å². The Kier molecular flexibility index (Phi) is 8.03. The second-order valence-corrected chi connectivity index (χ2v) is 6.09. The Bertz CT molecular complexity index is 718. The third-order valence-corrected chi connectivity index (χ3v) is 4.25. The van der Waals surface area contributed by atoms with Gasteiger partial charge in [-0.25, -0.2) is 4.99 Å². The zero-order valence-corrected chi connectivity index (χ0v) is 16.0. The number of likely N-dealkylation sites (N-methyl/N-ethyl adjacent to an activating group) is 1. The summed E-state index contributed by atoms with van der Waals surface area (Å²) in [5.41, 5.74) is 8.92. The van der Waals surface area contributed by atoms with E-state index in [1.165, 1.54) is 6.08 Å². The van der Waals surface area contributed by atoms with Gasteiger partial charge in [0.05, 0.1) is 29.4 Å². The van der Waals surface area contributed by atoms with E-state index in [1.54, 1.807) is 6.08 Å². The lowest BCUT2D eigenvalue weighted by molar-refractivity contribution is 0.156. The standard InChI is InChI=1S/C20H29N5O2/c1-3-25(4-2)10-9-23-15-5-7-16(8-6-15)24-19-14-20(27-12-11-26)18(22)13-17(19)21/h5-8,13-14,22-23,26H,3-4,9-12,21H2,1-2H3/b22-18?,24-19+. The second kappa shape index (κ2) is 10.5. The minimum absolute atomic E-state index is 0.112. The molecule has 1 aromatic carbocycles. The van der Waals surface area contributed by atoms with Crippen molar-refractivity contribution in [1.29, 1.82) is 5.41 Å². The molecule has 1 aromatic rings. The maximum atomic E-state index is 8.88. The fourth-order valence-corrected chi connectivity index (χ4v) is 2.65. The van der Waals surface area contributed by atoms with E-state index in [9.17, 15) is 0 Å². The lowest BCUT2D eigenvalue weighted by Crippen LogP contribution is -2.28. The number of nitrogens with zero attached hydrogens (tertiary/aromatic N) is 2. The third-order valence-electron chi connectivity index (χ3n) is 4.25. The minimum Gasteiger partial charge on any atom is -0.489 e. The molecule has 1 aliphatic rings. The van der Waals surface area contributed by atoms with Crippen molar-refractivity contribution in [2.24, 2.45) is 10.7 Å². The molecule has 0 fully saturated rings. The van der Waals surface area contributed by atoms with Gasteiger partial charge in [0.25, 0.3) is 0 Å². The molecule has 7 heteroatoms. The number of benzene rings is 1. The second-order valence-electron chi connectivity index (χ2n) is 6.09. The quantitative estimate of drug-likeness (QED) is 0.472. The lowest BCUT2D eigenvalue weighted by Gasteiger charge is -2.18. The summed E-state index contributed by atoms with van der Waals surface area (Å²) < 4.78 is 5.35. The highest BCUT2D eigenvalue weighted by molar-refractivity contribution is 6.22. The molecule has 5 N–H and O–H groups in total. The number of aliphatic hydroxyl groups excluding tert-OH is 1. The van der Waals surface area contributed by atoms with Gasteiger partial charge in [-0.15, -0.1) is 0 Å². The van der Waals surface area contributed by atoms with Crippen molar-refractivity contribution in [3.63, 3.8) is 0 Å². The number of aliphatic imine (C=N–C) groups is 1. The van der Waals surface area contributed by atoms with Crippen LogP contribution in [0.4, 0.5) is 11.4 Å². The number of nitrogens with one attached hydrogen (secondary N) is 2. The molecule has 0 saturated carbocycles. The Morgan fingerprint density at radius 3 is 2.52 bits per heavy atom. The van der Waals surface area contributed by atoms with Gasteiger partial charge >= 0.3 is 0 Å². The summed E-state index contributed by atoms with van der Waals surface area (Å²) in [5, 5.41) is 20.2. The Morgan fingerprint density at radius 2 is 1.89 bits per heavy atom. The van der Waals surface area contributed by atoms with Gasteiger partial charge < -0.3 is 25.8 Å². The molecule has 0 bridgehead atoms. The summed E-state index contributed by atoms with van der Waals surface area (Å²) in [5.74, 6) is 0.353. The molecule has 0 aliphatic heterocycles. The summed E-state index contributed by atoms with van der Waals surface area (Å²) in [6.07, 6.45) is 3.14. The van der Waals surface area contributed by atoms with Gasteiger partial charge in [-0.1, -0.05) is 13.8 Å². The fourth-order valence-electron chi connectivity index (χ4n) is 2.65. The average molecular weight is 371 g/mol. The third kappa shape index (κ3) is 6.23. The van der Waals surface area contributed by atoms with Crippen molar-refractivity contribution in [1.82, 2.24) is 4.90 Å². The van der Waals surface area contributed by atoms with Crippen LogP contribution in [-0.2, 0) is 4.74 Å². The minimum atomic E-state index is -0.112. The van der Waals surface area contributed by atoms with Crippen LogP contribution < -0.4 is 11.1 Å². The van der Waals surface area contributed by atoms with E-state index in [-0.39, 0.29) is 18.9 Å². The van der Waals surface area contributed by atoms with Gasteiger partial charge in [0.2, 0.25) is 0 Å². The molecule has 1 aliphatic carbocycles. The number of aliphatic hydroxyl groups is 1. The van der Waals surface area contributed by atoms with E-state index in [0.717, 1.165) is 37.6 Å². The van der Waals surface area contributed by atoms with E-state index in [4.69, 9.17) is 21.0 Å². The zero-order chi connectivity index (χ0) is 19.6. The molecule has 0 atom stereocenters. The number of hydrogen-bond donors (Lipinski definition) is 4. The van der Waals surface area contributed by atoms with Crippen LogP contribution in [0.5, 0.6) is 0 Å². The van der Waals surface area contributed by atoms with Crippen molar-refractivity contribution in [2.75, 3.05) is 44.7 Å². The van der Waals surface area contributed by atoms with Crippen LogP contribution in [0.15, 0.2) is 52.9 Å². The highest BCUT2D eigenvalue weighted by Crippen LogP contribution is 2.20. The van der Waals surface area contributed by atoms with Gasteiger partial charge in [0.1, 0.15) is 12.4 Å². The highest BCUT2D eigenvalue weighted by Gasteiger charge is 2.15. The Labute approximate surface area is 160 Å². The number of allylic oxidation sites excluding steroid dienone is 2. The first-order valence-corrected chi connectivity index (χ1v) is 9.24. The predicted molar refractivity (Wildman–Crippen MR) is 111 cm³/mol. The van der Waals surface area contributed by atoms with E-state index in [2.05, 4.69) is 29.1 Å². The maximum Gasteiger partial charge on any atom is 0.146 e. The van der Waals surface area contributed by atoms with Crippen LogP contribution in [0.25, 0.3) is 0 Å². The van der Waals surface area contributed by atoms with Crippen molar-refractivity contribution >= 4 is 22.8 Å². The molecule has 0 spiro atoms. The average Bonchev–Trinajstić information content (AvgIpc) is 2.67. The summed E-state index contributed by atoms with van der Waals surface area (Å²) in [7, 11) is 0. The molecule has 27 heavy (non-hydrogen) atoms. The topological polar surface area (TPSA) is 107 Å². The van der Waals surface area contributed by atoms with Crippen LogP contribution in [0, 0.1) is 5.41 Å². The SMILES string of the molecule is CCN(CC)CCNc1ccc(/N=C2\C=C(OCCO)C(=N)C=C2N)cc1. The summed E-state index contributed by atoms with van der Waals surface area (Å²) >= 11 is 0. The van der Waals surface area contributed by atoms with Crippen molar-refractivity contribution in [2.45, 2.75) is 13.8 Å². The number of hydrogen-bond acceptors (Lipinski definition) is 7. The van der Waals surface area contributed by atoms with Gasteiger partial charge in [-0.3, -0.25) is 5.41 Å². The van der Waals surface area contributed by atoms with Crippen LogP contribution in [-0.4, -0.2) is 60.8 Å².